The fourth-order valence-corrected chi connectivity index (χ4v) is 3.93. The number of pyridine rings is 1. The molecule has 2 N–H and O–H groups in total. The quantitative estimate of drug-likeness (QED) is 0.662. The maximum absolute atomic E-state index is 5.86. The number of piperidine rings is 1. The van der Waals surface area contributed by atoms with Crippen molar-refractivity contribution < 1.29 is 0 Å². The zero-order valence-electron chi connectivity index (χ0n) is 13.3. The third kappa shape index (κ3) is 5.01. The van der Waals surface area contributed by atoms with Gasteiger partial charge in [-0.2, -0.15) is 0 Å². The van der Waals surface area contributed by atoms with Crippen molar-refractivity contribution in [2.45, 2.75) is 43.9 Å². The maximum atomic E-state index is 5.86. The van der Waals surface area contributed by atoms with Crippen LogP contribution in [0.4, 0.5) is 0 Å². The van der Waals surface area contributed by atoms with Crippen LogP contribution in [0.5, 0.6) is 0 Å². The van der Waals surface area contributed by atoms with E-state index in [9.17, 15) is 0 Å². The Kier molecular flexibility index (Phi) is 5.69. The van der Waals surface area contributed by atoms with E-state index in [0.717, 1.165) is 16.3 Å². The predicted octanol–water partition coefficient (Wildman–Crippen LogP) is 3.21. The van der Waals surface area contributed by atoms with Gasteiger partial charge in [-0.05, 0) is 38.7 Å². The zero-order valence-corrected chi connectivity index (χ0v) is 14.9. The Morgan fingerprint density at radius 1 is 1.26 bits per heavy atom. The van der Waals surface area contributed by atoms with Crippen LogP contribution in [0.1, 0.15) is 31.4 Å². The molecule has 5 nitrogen and oxygen atoms in total. The van der Waals surface area contributed by atoms with Crippen LogP contribution in [0.3, 0.4) is 0 Å². The molecule has 1 aliphatic carbocycles. The molecular weight excluding hydrogens is 330 g/mol. The number of halogens is 1. The van der Waals surface area contributed by atoms with Crippen molar-refractivity contribution in [2.24, 2.45) is 5.73 Å². The second kappa shape index (κ2) is 7.75. The Labute approximate surface area is 146 Å². The van der Waals surface area contributed by atoms with E-state index in [2.05, 4.69) is 31.2 Å². The molecule has 2 fully saturated rings. The summed E-state index contributed by atoms with van der Waals surface area (Å²) in [6, 6.07) is 2.38. The van der Waals surface area contributed by atoms with Gasteiger partial charge in [-0.1, -0.05) is 23.5 Å². The topological polar surface area (TPSA) is 67.9 Å². The Morgan fingerprint density at radius 3 is 2.70 bits per heavy atom. The molecule has 4 rings (SSSR count). The van der Waals surface area contributed by atoms with Crippen molar-refractivity contribution in [3.63, 3.8) is 0 Å². The number of hydrogen-bond donors (Lipinski definition) is 1. The maximum Gasteiger partial charge on any atom is 0.155 e. The lowest BCUT2D eigenvalue weighted by atomic mass is 10.1. The first-order chi connectivity index (χ1) is 11.1. The lowest BCUT2D eigenvalue weighted by Gasteiger charge is -2.28. The molecule has 0 atom stereocenters. The second-order valence-electron chi connectivity index (χ2n) is 6.09. The van der Waals surface area contributed by atoms with Gasteiger partial charge >= 0.3 is 0 Å². The third-order valence-corrected chi connectivity index (χ3v) is 5.59. The van der Waals surface area contributed by atoms with Gasteiger partial charge in [0.05, 0.1) is 0 Å². The van der Waals surface area contributed by atoms with E-state index in [-0.39, 0.29) is 0 Å². The van der Waals surface area contributed by atoms with Crippen molar-refractivity contribution in [1.29, 1.82) is 0 Å². The van der Waals surface area contributed by atoms with Crippen molar-refractivity contribution >= 4 is 34.5 Å². The van der Waals surface area contributed by atoms with Crippen LogP contribution in [0.25, 0.3) is 10.9 Å². The van der Waals surface area contributed by atoms with E-state index in [1.165, 1.54) is 45.1 Å². The molecule has 0 bridgehead atoms. The normalized spacial score (nSPS) is 19.4. The highest BCUT2D eigenvalue weighted by Gasteiger charge is 2.27. The van der Waals surface area contributed by atoms with Crippen molar-refractivity contribution in [1.82, 2.24) is 19.3 Å². The SMILES string of the molecule is Cc1cc2cncnc2c(Cl)n1.NC1CCN(SC2CC2)CC1. The molecule has 0 spiro atoms. The number of fused-ring (bicyclic) bond motifs is 1. The Bertz CT molecular complexity index is 656. The fraction of sp³-hybridized carbons (Fsp3) is 0.562. The molecule has 0 aromatic carbocycles. The van der Waals surface area contributed by atoms with Gasteiger partial charge in [0.2, 0.25) is 0 Å². The van der Waals surface area contributed by atoms with Crippen LogP contribution in [0.2, 0.25) is 5.15 Å². The Hall–Kier alpha value is -0.950. The van der Waals surface area contributed by atoms with E-state index in [1.807, 2.05) is 13.0 Å². The molecule has 0 amide bonds. The van der Waals surface area contributed by atoms with Crippen LogP contribution >= 0.6 is 23.5 Å². The summed E-state index contributed by atoms with van der Waals surface area (Å²) in [5, 5.41) is 2.33. The van der Waals surface area contributed by atoms with E-state index in [0.29, 0.717) is 16.7 Å². The zero-order chi connectivity index (χ0) is 16.2. The Morgan fingerprint density at radius 2 is 2.00 bits per heavy atom. The molecule has 7 heteroatoms. The highest BCUT2D eigenvalue weighted by molar-refractivity contribution is 7.97. The van der Waals surface area contributed by atoms with Gasteiger partial charge in [0.15, 0.2) is 5.15 Å². The minimum atomic E-state index is 0.437. The standard InChI is InChI=1S/C8H6ClN3.C8H16N2S/c1-5-2-6-3-10-4-11-7(6)8(9)12-5;9-7-3-5-10(6-4-7)11-8-1-2-8/h2-4H,1H3;7-8H,1-6,9H2. The van der Waals surface area contributed by atoms with Crippen LogP contribution in [0, 0.1) is 6.92 Å². The summed E-state index contributed by atoms with van der Waals surface area (Å²) in [5.41, 5.74) is 7.39. The molecule has 2 aliphatic rings. The molecule has 0 radical (unpaired) electrons. The van der Waals surface area contributed by atoms with Crippen LogP contribution in [-0.4, -0.2) is 43.6 Å². The third-order valence-electron chi connectivity index (χ3n) is 3.90. The number of rotatable bonds is 2. The Balaban J connectivity index is 0.000000136. The summed E-state index contributed by atoms with van der Waals surface area (Å²) in [4.78, 5) is 12.0. The van der Waals surface area contributed by atoms with E-state index < -0.39 is 0 Å². The van der Waals surface area contributed by atoms with Crippen LogP contribution in [0.15, 0.2) is 18.6 Å². The lowest BCUT2D eigenvalue weighted by Crippen LogP contribution is -2.36. The van der Waals surface area contributed by atoms with Gasteiger partial charge in [-0.15, -0.1) is 0 Å². The molecule has 124 valence electrons. The highest BCUT2D eigenvalue weighted by atomic mass is 35.5. The molecule has 1 saturated carbocycles. The van der Waals surface area contributed by atoms with E-state index in [4.69, 9.17) is 17.3 Å². The lowest BCUT2D eigenvalue weighted by molar-refractivity contribution is 0.346. The van der Waals surface area contributed by atoms with E-state index >= 15 is 0 Å². The number of nitrogens with zero attached hydrogens (tertiary/aromatic N) is 4. The first-order valence-electron chi connectivity index (χ1n) is 8.02. The summed E-state index contributed by atoms with van der Waals surface area (Å²) >= 11 is 7.93. The van der Waals surface area contributed by atoms with Crippen LogP contribution in [-0.2, 0) is 0 Å². The fourth-order valence-electron chi connectivity index (χ4n) is 2.45. The average molecular weight is 352 g/mol. The van der Waals surface area contributed by atoms with Gasteiger partial charge < -0.3 is 5.73 Å². The molecule has 1 aliphatic heterocycles. The molecular formula is C16H22ClN5S. The minimum absolute atomic E-state index is 0.437. The van der Waals surface area contributed by atoms with Gasteiger partial charge in [0, 0.05) is 41.7 Å². The predicted molar refractivity (Wildman–Crippen MR) is 96.5 cm³/mol. The minimum Gasteiger partial charge on any atom is -0.328 e. The molecule has 3 heterocycles. The van der Waals surface area contributed by atoms with Crippen molar-refractivity contribution in [3.05, 3.63) is 29.4 Å². The number of aromatic nitrogens is 3. The van der Waals surface area contributed by atoms with E-state index in [1.54, 1.807) is 6.20 Å². The molecule has 1 saturated heterocycles. The monoisotopic (exact) mass is 351 g/mol. The smallest absolute Gasteiger partial charge is 0.155 e. The molecule has 0 unspecified atom stereocenters. The number of nitrogens with two attached hydrogens (primary N) is 1. The summed E-state index contributed by atoms with van der Waals surface area (Å²) in [6.45, 7) is 4.31. The van der Waals surface area contributed by atoms with Crippen molar-refractivity contribution in [2.75, 3.05) is 13.1 Å². The second-order valence-corrected chi connectivity index (χ2v) is 7.84. The first-order valence-corrected chi connectivity index (χ1v) is 9.23. The molecule has 2 aromatic heterocycles. The summed E-state index contributed by atoms with van der Waals surface area (Å²) in [7, 11) is 0. The number of aryl methyl sites for hydroxylation is 1. The molecule has 2 aromatic rings. The highest BCUT2D eigenvalue weighted by Crippen LogP contribution is 2.37. The van der Waals surface area contributed by atoms with Gasteiger partial charge in [0.25, 0.3) is 0 Å². The van der Waals surface area contributed by atoms with Gasteiger partial charge in [-0.3, -0.25) is 4.31 Å². The summed E-state index contributed by atoms with van der Waals surface area (Å²) < 4.78 is 2.50. The van der Waals surface area contributed by atoms with Gasteiger partial charge in [0.1, 0.15) is 11.8 Å². The van der Waals surface area contributed by atoms with Crippen molar-refractivity contribution in [3.8, 4) is 0 Å². The average Bonchev–Trinajstić information content (AvgIpc) is 3.34. The largest absolute Gasteiger partial charge is 0.328 e. The summed E-state index contributed by atoms with van der Waals surface area (Å²) in [6.07, 6.45) is 8.45. The van der Waals surface area contributed by atoms with Gasteiger partial charge in [-0.25, -0.2) is 15.0 Å². The molecule has 23 heavy (non-hydrogen) atoms. The number of hydrogen-bond acceptors (Lipinski definition) is 6. The first kappa shape index (κ1) is 16.9. The summed E-state index contributed by atoms with van der Waals surface area (Å²) in [5.74, 6) is 0. The van der Waals surface area contributed by atoms with Crippen LogP contribution < -0.4 is 5.73 Å².